The first-order valence-electron chi connectivity index (χ1n) is 6.94. The number of anilines is 1. The zero-order chi connectivity index (χ0) is 14.7. The molecule has 0 unspecified atom stereocenters. The maximum absolute atomic E-state index is 14.4. The highest BCUT2D eigenvalue weighted by Gasteiger charge is 2.24. The zero-order valence-electron chi connectivity index (χ0n) is 11.8. The Morgan fingerprint density at radius 3 is 2.60 bits per heavy atom. The highest BCUT2D eigenvalue weighted by atomic mass is 19.1. The van der Waals surface area contributed by atoms with Crippen molar-refractivity contribution in [3.63, 3.8) is 0 Å². The van der Waals surface area contributed by atoms with Gasteiger partial charge in [-0.05, 0) is 51.7 Å². The maximum atomic E-state index is 14.4. The molecule has 2 N–H and O–H groups in total. The second-order valence-corrected chi connectivity index (χ2v) is 5.32. The van der Waals surface area contributed by atoms with E-state index in [2.05, 4.69) is 0 Å². The molecule has 5 heteroatoms. The molecule has 0 heterocycles. The Kier molecular flexibility index (Phi) is 4.47. The average molecular weight is 281 g/mol. The standard InChI is InChI=1S/C15H20FNO3/c1-9(2)19-15(18)13-11(17)7-8-12(14(13)16)20-10-5-3-4-6-10/h7-10H,3-6,17H2,1-2H3. The van der Waals surface area contributed by atoms with Crippen LogP contribution in [0.1, 0.15) is 49.9 Å². The molecule has 110 valence electrons. The lowest BCUT2D eigenvalue weighted by Crippen LogP contribution is -2.17. The SMILES string of the molecule is CC(C)OC(=O)c1c(N)ccc(OC2CCCC2)c1F. The largest absolute Gasteiger partial charge is 0.487 e. The molecular weight excluding hydrogens is 261 g/mol. The molecule has 0 radical (unpaired) electrons. The van der Waals surface area contributed by atoms with Crippen molar-refractivity contribution in [3.05, 3.63) is 23.5 Å². The van der Waals surface area contributed by atoms with Crippen molar-refractivity contribution in [2.24, 2.45) is 0 Å². The van der Waals surface area contributed by atoms with Crippen LogP contribution in [0.3, 0.4) is 0 Å². The summed E-state index contributed by atoms with van der Waals surface area (Å²) in [7, 11) is 0. The molecule has 1 aromatic carbocycles. The van der Waals surface area contributed by atoms with Gasteiger partial charge in [-0.1, -0.05) is 0 Å². The predicted octanol–water partition coefficient (Wildman–Crippen LogP) is 3.29. The number of esters is 1. The van der Waals surface area contributed by atoms with Crippen LogP contribution in [0, 0.1) is 5.82 Å². The maximum Gasteiger partial charge on any atom is 0.343 e. The van der Waals surface area contributed by atoms with Crippen LogP contribution < -0.4 is 10.5 Å². The van der Waals surface area contributed by atoms with Gasteiger partial charge in [-0.3, -0.25) is 0 Å². The molecule has 0 aromatic heterocycles. The molecule has 1 aliphatic carbocycles. The minimum atomic E-state index is -0.758. The zero-order valence-corrected chi connectivity index (χ0v) is 11.8. The van der Waals surface area contributed by atoms with Crippen molar-refractivity contribution < 1.29 is 18.7 Å². The molecule has 1 saturated carbocycles. The van der Waals surface area contributed by atoms with E-state index in [9.17, 15) is 9.18 Å². The van der Waals surface area contributed by atoms with E-state index in [1.807, 2.05) is 0 Å². The van der Waals surface area contributed by atoms with Gasteiger partial charge in [0.05, 0.1) is 12.2 Å². The number of halogens is 1. The van der Waals surface area contributed by atoms with E-state index in [1.54, 1.807) is 13.8 Å². The summed E-state index contributed by atoms with van der Waals surface area (Å²) in [6.07, 6.45) is 3.68. The molecule has 0 amide bonds. The fourth-order valence-electron chi connectivity index (χ4n) is 2.33. The van der Waals surface area contributed by atoms with Crippen LogP contribution in [-0.2, 0) is 4.74 Å². The lowest BCUT2D eigenvalue weighted by molar-refractivity contribution is 0.0372. The van der Waals surface area contributed by atoms with Crippen LogP contribution in [0.2, 0.25) is 0 Å². The second kappa shape index (κ2) is 6.11. The Labute approximate surface area is 118 Å². The number of carbonyl (C=O) groups is 1. The molecule has 0 aliphatic heterocycles. The summed E-state index contributed by atoms with van der Waals surface area (Å²) in [6.45, 7) is 3.40. The number of rotatable bonds is 4. The van der Waals surface area contributed by atoms with Crippen molar-refractivity contribution in [1.29, 1.82) is 0 Å². The third-order valence-corrected chi connectivity index (χ3v) is 3.28. The van der Waals surface area contributed by atoms with Gasteiger partial charge >= 0.3 is 5.97 Å². The number of nitrogens with two attached hydrogens (primary N) is 1. The highest BCUT2D eigenvalue weighted by Crippen LogP contribution is 2.30. The minimum absolute atomic E-state index is 0.0158. The number of hydrogen-bond acceptors (Lipinski definition) is 4. The molecule has 0 saturated heterocycles. The van der Waals surface area contributed by atoms with Gasteiger partial charge in [0.2, 0.25) is 0 Å². The van der Waals surface area contributed by atoms with E-state index in [0.717, 1.165) is 25.7 Å². The summed E-state index contributed by atoms with van der Waals surface area (Å²) in [4.78, 5) is 11.9. The van der Waals surface area contributed by atoms with Gasteiger partial charge in [0, 0.05) is 5.69 Å². The monoisotopic (exact) mass is 281 g/mol. The van der Waals surface area contributed by atoms with Crippen LogP contribution in [0.15, 0.2) is 12.1 Å². The summed E-state index contributed by atoms with van der Waals surface area (Å²) in [5, 5.41) is 0. The minimum Gasteiger partial charge on any atom is -0.487 e. The third kappa shape index (κ3) is 3.21. The summed E-state index contributed by atoms with van der Waals surface area (Å²) in [5.41, 5.74) is 5.50. The van der Waals surface area contributed by atoms with Crippen LogP contribution in [-0.4, -0.2) is 18.2 Å². The van der Waals surface area contributed by atoms with Gasteiger partial charge in [-0.2, -0.15) is 0 Å². The first-order valence-corrected chi connectivity index (χ1v) is 6.94. The van der Waals surface area contributed by atoms with Crippen molar-refractivity contribution in [2.75, 3.05) is 5.73 Å². The first-order chi connectivity index (χ1) is 9.49. The van der Waals surface area contributed by atoms with E-state index in [1.165, 1.54) is 12.1 Å². The van der Waals surface area contributed by atoms with Gasteiger partial charge in [0.25, 0.3) is 0 Å². The lowest BCUT2D eigenvalue weighted by atomic mass is 10.1. The highest BCUT2D eigenvalue weighted by molar-refractivity contribution is 5.96. The summed E-state index contributed by atoms with van der Waals surface area (Å²) in [6, 6.07) is 2.94. The molecule has 0 spiro atoms. The molecule has 1 aromatic rings. The molecule has 1 aliphatic rings. The Morgan fingerprint density at radius 1 is 1.35 bits per heavy atom. The van der Waals surface area contributed by atoms with E-state index in [4.69, 9.17) is 15.2 Å². The van der Waals surface area contributed by atoms with E-state index >= 15 is 0 Å². The average Bonchev–Trinajstić information content (AvgIpc) is 2.85. The molecule has 0 atom stereocenters. The lowest BCUT2D eigenvalue weighted by Gasteiger charge is -2.16. The predicted molar refractivity (Wildman–Crippen MR) is 74.2 cm³/mol. The van der Waals surface area contributed by atoms with Crippen LogP contribution in [0.25, 0.3) is 0 Å². The third-order valence-electron chi connectivity index (χ3n) is 3.28. The molecule has 4 nitrogen and oxygen atoms in total. The quantitative estimate of drug-likeness (QED) is 0.679. The van der Waals surface area contributed by atoms with Gasteiger partial charge < -0.3 is 15.2 Å². The fraction of sp³-hybridized carbons (Fsp3) is 0.533. The summed E-state index contributed by atoms with van der Waals surface area (Å²) in [5.74, 6) is -1.42. The number of hydrogen-bond donors (Lipinski definition) is 1. The van der Waals surface area contributed by atoms with Crippen molar-refractivity contribution >= 4 is 11.7 Å². The van der Waals surface area contributed by atoms with Gasteiger partial charge in [-0.25, -0.2) is 9.18 Å². The first kappa shape index (κ1) is 14.6. The molecule has 2 rings (SSSR count). The van der Waals surface area contributed by atoms with E-state index in [-0.39, 0.29) is 29.2 Å². The molecule has 0 bridgehead atoms. The van der Waals surface area contributed by atoms with Crippen molar-refractivity contribution in [3.8, 4) is 5.75 Å². The second-order valence-electron chi connectivity index (χ2n) is 5.32. The Morgan fingerprint density at radius 2 is 2.00 bits per heavy atom. The van der Waals surface area contributed by atoms with Crippen LogP contribution in [0.4, 0.5) is 10.1 Å². The smallest absolute Gasteiger partial charge is 0.343 e. The summed E-state index contributed by atoms with van der Waals surface area (Å²) >= 11 is 0. The number of carbonyl (C=O) groups excluding carboxylic acids is 1. The summed E-state index contributed by atoms with van der Waals surface area (Å²) < 4.78 is 25.0. The molecule has 20 heavy (non-hydrogen) atoms. The molecular formula is C15H20FNO3. The van der Waals surface area contributed by atoms with Crippen LogP contribution in [0.5, 0.6) is 5.75 Å². The molecule has 1 fully saturated rings. The number of nitrogen functional groups attached to an aromatic ring is 1. The van der Waals surface area contributed by atoms with Gasteiger partial charge in [0.15, 0.2) is 11.6 Å². The fourth-order valence-corrected chi connectivity index (χ4v) is 2.33. The Balaban J connectivity index is 2.24. The van der Waals surface area contributed by atoms with Crippen LogP contribution >= 0.6 is 0 Å². The topological polar surface area (TPSA) is 61.5 Å². The Hall–Kier alpha value is -1.78. The normalized spacial score (nSPS) is 15.6. The van der Waals surface area contributed by atoms with Crippen molar-refractivity contribution in [1.82, 2.24) is 0 Å². The van der Waals surface area contributed by atoms with Gasteiger partial charge in [-0.15, -0.1) is 0 Å². The van der Waals surface area contributed by atoms with E-state index in [0.29, 0.717) is 0 Å². The van der Waals surface area contributed by atoms with E-state index < -0.39 is 11.8 Å². The number of benzene rings is 1. The Bertz CT molecular complexity index is 496. The van der Waals surface area contributed by atoms with Gasteiger partial charge in [0.1, 0.15) is 5.56 Å². The van der Waals surface area contributed by atoms with Crippen molar-refractivity contribution in [2.45, 2.75) is 51.7 Å². The number of ether oxygens (including phenoxy) is 2.